The Balaban J connectivity index is 1.55. The number of hydrogen-bond acceptors (Lipinski definition) is 3. The maximum atomic E-state index is 11.5. The number of aliphatic hydroxyl groups excluding tert-OH is 2. The van der Waals surface area contributed by atoms with Crippen molar-refractivity contribution in [2.45, 2.75) is 123 Å². The van der Waals surface area contributed by atoms with Crippen LogP contribution in [0.3, 0.4) is 0 Å². The minimum absolute atomic E-state index is 0.185. The molecule has 4 fully saturated rings. The van der Waals surface area contributed by atoms with Crippen molar-refractivity contribution in [3.63, 3.8) is 0 Å². The van der Waals surface area contributed by atoms with E-state index in [0.29, 0.717) is 23.7 Å². The fourth-order valence-corrected chi connectivity index (χ4v) is 9.21. The fourth-order valence-electron chi connectivity index (χ4n) is 9.21. The van der Waals surface area contributed by atoms with Crippen LogP contribution in [0.5, 0.6) is 0 Å². The Morgan fingerprint density at radius 2 is 1.55 bits per heavy atom. The minimum Gasteiger partial charge on any atom is -0.393 e. The molecule has 0 saturated heterocycles. The summed E-state index contributed by atoms with van der Waals surface area (Å²) in [6, 6.07) is 0. The van der Waals surface area contributed by atoms with Crippen LogP contribution in [0.1, 0.15) is 105 Å². The van der Waals surface area contributed by atoms with Crippen molar-refractivity contribution in [3.05, 3.63) is 0 Å². The zero-order valence-corrected chi connectivity index (χ0v) is 19.4. The normalized spacial score (nSPS) is 51.6. The molecule has 4 rings (SSSR count). The van der Waals surface area contributed by atoms with Crippen LogP contribution in [0.4, 0.5) is 0 Å². The van der Waals surface area contributed by atoms with Gasteiger partial charge in [-0.15, -0.1) is 0 Å². The summed E-state index contributed by atoms with van der Waals surface area (Å²) < 4.78 is 0. The van der Waals surface area contributed by atoms with Crippen LogP contribution in [-0.4, -0.2) is 33.1 Å². The summed E-state index contributed by atoms with van der Waals surface area (Å²) in [4.78, 5) is 0. The molecule has 0 aromatic heterocycles. The highest BCUT2D eigenvalue weighted by Gasteiger charge is 2.63. The number of fused-ring (bicyclic) bond motifs is 5. The lowest BCUT2D eigenvalue weighted by Crippen LogP contribution is -2.59. The van der Waals surface area contributed by atoms with Crippen LogP contribution >= 0.6 is 0 Å². The van der Waals surface area contributed by atoms with E-state index in [2.05, 4.69) is 27.7 Å². The first-order valence-electron chi connectivity index (χ1n) is 12.7. The quantitative estimate of drug-likeness (QED) is 0.542. The second-order valence-corrected chi connectivity index (χ2v) is 12.2. The van der Waals surface area contributed by atoms with Crippen molar-refractivity contribution in [1.82, 2.24) is 0 Å². The van der Waals surface area contributed by atoms with Crippen molar-refractivity contribution in [1.29, 1.82) is 0 Å². The van der Waals surface area contributed by atoms with E-state index in [4.69, 9.17) is 0 Å². The topological polar surface area (TPSA) is 60.7 Å². The first-order valence-corrected chi connectivity index (χ1v) is 12.7. The smallest absolute Gasteiger partial charge is 0.0653 e. The summed E-state index contributed by atoms with van der Waals surface area (Å²) in [5, 5.41) is 32.9. The lowest BCUT2D eigenvalue weighted by atomic mass is 9.43. The number of unbranched alkanes of at least 4 members (excludes halogenated alkanes) is 2. The van der Waals surface area contributed by atoms with Crippen molar-refractivity contribution in [2.24, 2.45) is 40.4 Å². The maximum absolute atomic E-state index is 11.5. The van der Waals surface area contributed by atoms with Crippen LogP contribution in [-0.2, 0) is 0 Å². The summed E-state index contributed by atoms with van der Waals surface area (Å²) in [5.41, 5.74) is -0.154. The molecule has 0 aromatic rings. The van der Waals surface area contributed by atoms with Gasteiger partial charge in [0.25, 0.3) is 0 Å². The Kier molecular flexibility index (Phi) is 5.93. The van der Waals surface area contributed by atoms with Crippen molar-refractivity contribution < 1.29 is 15.3 Å². The molecule has 10 atom stereocenters. The van der Waals surface area contributed by atoms with Crippen LogP contribution < -0.4 is 0 Å². The first kappa shape index (κ1) is 22.1. The highest BCUT2D eigenvalue weighted by atomic mass is 16.3. The summed E-state index contributed by atoms with van der Waals surface area (Å²) in [6.45, 7) is 9.25. The zero-order valence-electron chi connectivity index (χ0n) is 19.4. The van der Waals surface area contributed by atoms with Gasteiger partial charge in [-0.2, -0.15) is 0 Å². The van der Waals surface area contributed by atoms with Crippen LogP contribution in [0, 0.1) is 40.4 Å². The van der Waals surface area contributed by atoms with Crippen LogP contribution in [0.25, 0.3) is 0 Å². The third-order valence-electron chi connectivity index (χ3n) is 10.7. The Hall–Kier alpha value is -0.120. The summed E-state index contributed by atoms with van der Waals surface area (Å²) in [7, 11) is 0. The minimum atomic E-state index is -0.555. The zero-order chi connectivity index (χ0) is 21.0. The summed E-state index contributed by atoms with van der Waals surface area (Å²) >= 11 is 0. The maximum Gasteiger partial charge on any atom is 0.0653 e. The molecule has 4 aliphatic carbocycles. The van der Waals surface area contributed by atoms with Crippen molar-refractivity contribution in [3.8, 4) is 0 Å². The Morgan fingerprint density at radius 3 is 2.28 bits per heavy atom. The molecule has 0 heterocycles. The van der Waals surface area contributed by atoms with Gasteiger partial charge in [-0.1, -0.05) is 40.0 Å². The molecule has 3 heteroatoms. The molecule has 0 spiro atoms. The van der Waals surface area contributed by atoms with Gasteiger partial charge in [-0.25, -0.2) is 0 Å². The Morgan fingerprint density at radius 1 is 0.862 bits per heavy atom. The van der Waals surface area contributed by atoms with Gasteiger partial charge in [-0.05, 0) is 105 Å². The molecule has 0 unspecified atom stereocenters. The molecule has 0 aromatic carbocycles. The van der Waals surface area contributed by atoms with E-state index in [-0.39, 0.29) is 29.0 Å². The molecule has 3 N–H and O–H groups in total. The molecule has 3 nitrogen and oxygen atoms in total. The van der Waals surface area contributed by atoms with Gasteiger partial charge in [0.05, 0.1) is 17.8 Å². The predicted octanol–water partition coefficient (Wildman–Crippen LogP) is 5.31. The average Bonchev–Trinajstić information content (AvgIpc) is 3.02. The molecule has 0 radical (unpaired) electrons. The lowest BCUT2D eigenvalue weighted by Gasteiger charge is -2.62. The van der Waals surface area contributed by atoms with Gasteiger partial charge in [0, 0.05) is 0 Å². The van der Waals surface area contributed by atoms with E-state index >= 15 is 0 Å². The van der Waals surface area contributed by atoms with E-state index < -0.39 is 5.60 Å². The third-order valence-corrected chi connectivity index (χ3v) is 10.7. The molecule has 0 aliphatic heterocycles. The van der Waals surface area contributed by atoms with Crippen LogP contribution in [0.2, 0.25) is 0 Å². The second kappa shape index (κ2) is 7.78. The van der Waals surface area contributed by atoms with Gasteiger partial charge in [0.1, 0.15) is 0 Å². The fraction of sp³-hybridized carbons (Fsp3) is 1.00. The Labute approximate surface area is 178 Å². The highest BCUT2D eigenvalue weighted by Crippen LogP contribution is 2.68. The Bertz CT molecular complexity index is 589. The molecule has 168 valence electrons. The lowest BCUT2D eigenvalue weighted by molar-refractivity contribution is -0.179. The van der Waals surface area contributed by atoms with E-state index in [1.165, 1.54) is 32.1 Å². The first-order chi connectivity index (χ1) is 13.6. The average molecular weight is 407 g/mol. The van der Waals surface area contributed by atoms with Crippen molar-refractivity contribution in [2.75, 3.05) is 0 Å². The molecule has 29 heavy (non-hydrogen) atoms. The SMILES string of the molecule is CCCCC[C@](C)(O)[C@H]1CC[C@H]2[C@@H]3C[C@H](O)[C@H]4C[C@@H](O)CC[C@]4(C)[C@H]3CC[C@@]21C. The van der Waals surface area contributed by atoms with Gasteiger partial charge >= 0.3 is 0 Å². The van der Waals surface area contributed by atoms with Gasteiger partial charge < -0.3 is 15.3 Å². The molecular weight excluding hydrogens is 360 g/mol. The second-order valence-electron chi connectivity index (χ2n) is 12.2. The standard InChI is InChI=1S/C26H46O3/c1-5-6-7-12-26(4,29)23-9-8-19-18-16-22(28)21-15-17(27)10-13-24(21,2)20(18)11-14-25(19,23)3/h17-23,27-29H,5-16H2,1-4H3/t17-,18-,19-,20-,21+,22-,23-,24+,25-,26-/m0/s1. The molecule has 0 amide bonds. The van der Waals surface area contributed by atoms with Crippen LogP contribution in [0.15, 0.2) is 0 Å². The van der Waals surface area contributed by atoms with E-state index in [0.717, 1.165) is 44.9 Å². The highest BCUT2D eigenvalue weighted by molar-refractivity contribution is 5.13. The van der Waals surface area contributed by atoms with Gasteiger partial charge in [0.2, 0.25) is 0 Å². The molecular formula is C26H46O3. The monoisotopic (exact) mass is 406 g/mol. The number of hydrogen-bond donors (Lipinski definition) is 3. The molecule has 4 aliphatic rings. The molecule has 0 bridgehead atoms. The number of aliphatic hydroxyl groups is 3. The van der Waals surface area contributed by atoms with E-state index in [1.807, 2.05) is 0 Å². The van der Waals surface area contributed by atoms with E-state index in [9.17, 15) is 15.3 Å². The van der Waals surface area contributed by atoms with Gasteiger partial charge in [-0.3, -0.25) is 0 Å². The van der Waals surface area contributed by atoms with Gasteiger partial charge in [0.15, 0.2) is 0 Å². The largest absolute Gasteiger partial charge is 0.393 e. The molecule has 4 saturated carbocycles. The summed E-state index contributed by atoms with van der Waals surface area (Å²) in [6.07, 6.45) is 12.5. The van der Waals surface area contributed by atoms with Crippen molar-refractivity contribution >= 4 is 0 Å². The van der Waals surface area contributed by atoms with E-state index in [1.54, 1.807) is 0 Å². The number of rotatable bonds is 5. The summed E-state index contributed by atoms with van der Waals surface area (Å²) in [5.74, 6) is 2.59. The predicted molar refractivity (Wildman–Crippen MR) is 117 cm³/mol. The third kappa shape index (κ3) is 3.52.